The maximum Gasteiger partial charge on any atom is 0.490 e. The summed E-state index contributed by atoms with van der Waals surface area (Å²) in [6, 6.07) is 12.3. The Kier molecular flexibility index (Phi) is 12.8. The molecule has 18 heteroatoms. The largest absolute Gasteiger partial charge is 0.490 e. The third-order valence-electron chi connectivity index (χ3n) is 7.12. The third kappa shape index (κ3) is 12.0. The Hall–Kier alpha value is -4.55. The fraction of sp³-hybridized carbons (Fsp3) is 0.414. The number of nitrogens with one attached hydrogen (secondary N) is 3. The summed E-state index contributed by atoms with van der Waals surface area (Å²) < 4.78 is 56.8. The van der Waals surface area contributed by atoms with Crippen LogP contribution in [0.4, 0.5) is 13.2 Å². The summed E-state index contributed by atoms with van der Waals surface area (Å²) in [5, 5.41) is 21.2. The number of hydrogen-bond acceptors (Lipinski definition) is 8. The van der Waals surface area contributed by atoms with Crippen LogP contribution in [0.5, 0.6) is 0 Å². The molecular weight excluding hydrogens is 649 g/mol. The van der Waals surface area contributed by atoms with E-state index in [1.165, 1.54) is 6.33 Å². The number of carbonyl (C=O) groups excluding carboxylic acids is 2. The maximum absolute atomic E-state index is 13.1. The number of nitrogens with zero attached hydrogens (tertiary/aromatic N) is 3. The Balaban J connectivity index is 0.000000771. The summed E-state index contributed by atoms with van der Waals surface area (Å²) >= 11 is 0. The number of benzene rings is 2. The zero-order valence-corrected chi connectivity index (χ0v) is 26.1. The van der Waals surface area contributed by atoms with Crippen molar-refractivity contribution in [1.29, 1.82) is 0 Å². The number of aromatic nitrogens is 2. The van der Waals surface area contributed by atoms with E-state index in [1.54, 1.807) is 6.20 Å². The Bertz CT molecular complexity index is 1650. The van der Waals surface area contributed by atoms with Gasteiger partial charge in [0.2, 0.25) is 21.8 Å². The van der Waals surface area contributed by atoms with Crippen molar-refractivity contribution in [3.05, 3.63) is 66.2 Å². The number of fused-ring (bicyclic) bond motifs is 1. The number of likely N-dealkylation sites (tertiary alicyclic amines) is 1. The fourth-order valence-electron chi connectivity index (χ4n) is 5.03. The molecule has 1 aliphatic rings. The molecule has 14 nitrogen and oxygen atoms in total. The Morgan fingerprint density at radius 3 is 2.43 bits per heavy atom. The van der Waals surface area contributed by atoms with E-state index in [0.717, 1.165) is 35.4 Å². The van der Waals surface area contributed by atoms with Crippen LogP contribution in [0.2, 0.25) is 0 Å². The van der Waals surface area contributed by atoms with Gasteiger partial charge in [0.05, 0.1) is 31.2 Å². The van der Waals surface area contributed by atoms with Gasteiger partial charge < -0.3 is 25.4 Å². The molecule has 2 heterocycles. The summed E-state index contributed by atoms with van der Waals surface area (Å²) in [6.07, 6.45) is 0.847. The number of amides is 2. The number of H-pyrrole nitrogens is 1. The van der Waals surface area contributed by atoms with Crippen LogP contribution in [0.3, 0.4) is 0 Å². The number of aliphatic carboxylic acids is 2. The maximum atomic E-state index is 13.1. The van der Waals surface area contributed by atoms with Gasteiger partial charge in [0.15, 0.2) is 0 Å². The second-order valence-corrected chi connectivity index (χ2v) is 12.6. The first-order chi connectivity index (χ1) is 22.0. The number of alkyl halides is 3. The molecule has 2 amide bonds. The van der Waals surface area contributed by atoms with Gasteiger partial charge in [-0.3, -0.25) is 14.5 Å². The van der Waals surface area contributed by atoms with Crippen LogP contribution in [-0.2, 0) is 42.2 Å². The van der Waals surface area contributed by atoms with Crippen molar-refractivity contribution >= 4 is 44.5 Å². The number of halogens is 3. The lowest BCUT2D eigenvalue weighted by atomic mass is 10.0. The average molecular weight is 685 g/mol. The number of hydrogen-bond donors (Lipinski definition) is 5. The van der Waals surface area contributed by atoms with Gasteiger partial charge in [-0.15, -0.1) is 0 Å². The van der Waals surface area contributed by atoms with Gasteiger partial charge in [-0.05, 0) is 29.2 Å². The van der Waals surface area contributed by atoms with Crippen molar-refractivity contribution in [3.8, 4) is 0 Å². The van der Waals surface area contributed by atoms with Gasteiger partial charge in [-0.2, -0.15) is 13.2 Å². The summed E-state index contributed by atoms with van der Waals surface area (Å²) in [7, 11) is -3.64. The summed E-state index contributed by atoms with van der Waals surface area (Å²) in [5.41, 5.74) is 1.65. The highest BCUT2D eigenvalue weighted by Gasteiger charge is 2.38. The molecule has 1 saturated heterocycles. The number of aromatic amines is 1. The van der Waals surface area contributed by atoms with Crippen LogP contribution in [-0.4, -0.2) is 113 Å². The first-order valence-corrected chi connectivity index (χ1v) is 16.2. The van der Waals surface area contributed by atoms with Gasteiger partial charge in [-0.25, -0.2) is 27.7 Å². The molecule has 0 saturated carbocycles. The van der Waals surface area contributed by atoms with Gasteiger partial charge >= 0.3 is 18.1 Å². The van der Waals surface area contributed by atoms with Crippen LogP contribution in [0.1, 0.15) is 24.1 Å². The minimum Gasteiger partial charge on any atom is -0.480 e. The van der Waals surface area contributed by atoms with E-state index in [0.29, 0.717) is 25.3 Å². The second kappa shape index (κ2) is 16.3. The highest BCUT2D eigenvalue weighted by molar-refractivity contribution is 7.88. The van der Waals surface area contributed by atoms with Gasteiger partial charge in [0, 0.05) is 38.4 Å². The van der Waals surface area contributed by atoms with Crippen LogP contribution in [0.25, 0.3) is 10.8 Å². The molecule has 2 atom stereocenters. The fourth-order valence-corrected chi connectivity index (χ4v) is 5.50. The zero-order valence-electron chi connectivity index (χ0n) is 25.2. The van der Waals surface area contributed by atoms with E-state index < -0.39 is 46.6 Å². The molecular formula is C29H35F3N6O8S. The van der Waals surface area contributed by atoms with Crippen molar-refractivity contribution < 1.29 is 51.0 Å². The lowest BCUT2D eigenvalue weighted by Crippen LogP contribution is -2.52. The first-order valence-electron chi connectivity index (χ1n) is 14.3. The molecule has 3 aromatic rings. The van der Waals surface area contributed by atoms with Crippen molar-refractivity contribution in [3.63, 3.8) is 0 Å². The van der Waals surface area contributed by atoms with E-state index >= 15 is 0 Å². The molecule has 0 spiro atoms. The predicted octanol–water partition coefficient (Wildman–Crippen LogP) is 1.35. The van der Waals surface area contributed by atoms with Crippen LogP contribution in [0, 0.1) is 0 Å². The molecule has 1 aromatic heterocycles. The Labute approximate surface area is 268 Å². The molecule has 0 bridgehead atoms. The molecule has 0 unspecified atom stereocenters. The Morgan fingerprint density at radius 2 is 1.81 bits per heavy atom. The molecule has 4 rings (SSSR count). The van der Waals surface area contributed by atoms with Crippen molar-refractivity contribution in [2.75, 3.05) is 32.4 Å². The van der Waals surface area contributed by atoms with Gasteiger partial charge in [0.25, 0.3) is 0 Å². The molecule has 0 radical (unpaired) electrons. The van der Waals surface area contributed by atoms with E-state index in [9.17, 15) is 41.1 Å². The van der Waals surface area contributed by atoms with Crippen LogP contribution < -0.4 is 10.0 Å². The standard InChI is InChI=1S/C27H34N6O6S.C2HF3O2/c1-40(38,39)30-14-24(27(36)37)31-25(34)17-32(15-20-8-4-7-19-6-2-3-10-23(19)20)16-22-9-5-11-33(22)26(35)12-21-13-28-18-29-21;3-2(4,5)1(6)7/h2-4,6-8,10,13,18,22,24,30H,5,9,11-12,14-17H2,1H3,(H,28,29)(H,31,34)(H,36,37);(H,6,7)/t22-,24-;/m0./s1. The van der Waals surface area contributed by atoms with Crippen molar-refractivity contribution in [2.45, 2.75) is 44.1 Å². The topological polar surface area (TPSA) is 202 Å². The lowest BCUT2D eigenvalue weighted by molar-refractivity contribution is -0.192. The number of carboxylic acid groups (broad SMARTS) is 2. The van der Waals surface area contributed by atoms with Gasteiger partial charge in [0.1, 0.15) is 6.04 Å². The van der Waals surface area contributed by atoms with Crippen LogP contribution in [0.15, 0.2) is 55.0 Å². The van der Waals surface area contributed by atoms with E-state index in [1.807, 2.05) is 52.3 Å². The molecule has 0 aliphatic carbocycles. The zero-order chi connectivity index (χ0) is 34.8. The lowest BCUT2D eigenvalue weighted by Gasteiger charge is -2.31. The molecule has 256 valence electrons. The second-order valence-electron chi connectivity index (χ2n) is 10.8. The average Bonchev–Trinajstić information content (AvgIpc) is 3.67. The van der Waals surface area contributed by atoms with E-state index in [-0.39, 0.29) is 24.9 Å². The van der Waals surface area contributed by atoms with Crippen LogP contribution >= 0.6 is 0 Å². The molecule has 47 heavy (non-hydrogen) atoms. The highest BCUT2D eigenvalue weighted by Crippen LogP contribution is 2.23. The quantitative estimate of drug-likeness (QED) is 0.175. The number of imidazole rings is 1. The SMILES string of the molecule is CS(=O)(=O)NC[C@H](NC(=O)CN(Cc1cccc2ccccc12)C[C@@H]1CCCN1C(=O)Cc1c[nH]cn1)C(=O)O.O=C(O)C(F)(F)F. The summed E-state index contributed by atoms with van der Waals surface area (Å²) in [4.78, 5) is 57.5. The predicted molar refractivity (Wildman–Crippen MR) is 162 cm³/mol. The molecule has 5 N–H and O–H groups in total. The van der Waals surface area contributed by atoms with Crippen molar-refractivity contribution in [1.82, 2.24) is 29.8 Å². The minimum absolute atomic E-state index is 0.0399. The number of rotatable bonds is 13. The summed E-state index contributed by atoms with van der Waals surface area (Å²) in [6.45, 7) is 0.805. The molecule has 2 aromatic carbocycles. The normalized spacial score (nSPS) is 15.6. The molecule has 1 fully saturated rings. The number of sulfonamides is 1. The highest BCUT2D eigenvalue weighted by atomic mass is 32.2. The number of carbonyl (C=O) groups is 4. The number of carboxylic acids is 2. The van der Waals surface area contributed by atoms with E-state index in [2.05, 4.69) is 20.0 Å². The third-order valence-corrected chi connectivity index (χ3v) is 7.81. The molecule has 1 aliphatic heterocycles. The monoisotopic (exact) mass is 684 g/mol. The van der Waals surface area contributed by atoms with Crippen molar-refractivity contribution in [2.24, 2.45) is 0 Å². The van der Waals surface area contributed by atoms with E-state index in [4.69, 9.17) is 9.90 Å². The van der Waals surface area contributed by atoms with Gasteiger partial charge in [-0.1, -0.05) is 42.5 Å². The minimum atomic E-state index is -5.08. The Morgan fingerprint density at radius 1 is 1.13 bits per heavy atom. The first kappa shape index (κ1) is 36.9. The summed E-state index contributed by atoms with van der Waals surface area (Å²) in [5.74, 6) is -4.71. The smallest absolute Gasteiger partial charge is 0.480 e.